The van der Waals surface area contributed by atoms with Gasteiger partial charge in [0.05, 0.1) is 6.20 Å². The van der Waals surface area contributed by atoms with Crippen molar-refractivity contribution in [3.63, 3.8) is 0 Å². The second kappa shape index (κ2) is 3.50. The van der Waals surface area contributed by atoms with Gasteiger partial charge in [0, 0.05) is 19.3 Å². The molecule has 3 nitrogen and oxygen atoms in total. The molecular weight excluding hydrogens is 162 g/mol. The highest BCUT2D eigenvalue weighted by Gasteiger charge is 2.24. The van der Waals surface area contributed by atoms with Crippen LogP contribution in [0, 0.1) is 5.92 Å². The lowest BCUT2D eigenvalue weighted by molar-refractivity contribution is 0.478. The third kappa shape index (κ3) is 1.91. The van der Waals surface area contributed by atoms with Gasteiger partial charge in [-0.05, 0) is 30.7 Å². The van der Waals surface area contributed by atoms with Crippen molar-refractivity contribution < 1.29 is 0 Å². The zero-order valence-corrected chi connectivity index (χ0v) is 8.11. The lowest BCUT2D eigenvalue weighted by Crippen LogP contribution is -2.25. The summed E-state index contributed by atoms with van der Waals surface area (Å²) in [7, 11) is 1.96. The van der Waals surface area contributed by atoms with Gasteiger partial charge in [-0.2, -0.15) is 5.10 Å². The van der Waals surface area contributed by atoms with Crippen LogP contribution in [0.1, 0.15) is 24.8 Å². The van der Waals surface area contributed by atoms with Crippen LogP contribution in [0.4, 0.5) is 0 Å². The Balaban J connectivity index is 1.97. The summed E-state index contributed by atoms with van der Waals surface area (Å²) in [5, 5.41) is 4.16. The minimum absolute atomic E-state index is 0.417. The molecule has 0 unspecified atom stereocenters. The smallest absolute Gasteiger partial charge is 0.0521 e. The average Bonchev–Trinajstić information content (AvgIpc) is 2.64. The molecular formula is C10H17N3. The van der Waals surface area contributed by atoms with Gasteiger partial charge in [-0.3, -0.25) is 4.68 Å². The SMILES string of the molecule is Cn1cc(C[C@H]2CCC[C@@H]2N)cn1. The number of hydrogen-bond acceptors (Lipinski definition) is 2. The van der Waals surface area contributed by atoms with Gasteiger partial charge in [0.2, 0.25) is 0 Å². The van der Waals surface area contributed by atoms with Crippen LogP contribution in [0.3, 0.4) is 0 Å². The number of hydrogen-bond donors (Lipinski definition) is 1. The van der Waals surface area contributed by atoms with Crippen LogP contribution in [0.25, 0.3) is 0 Å². The maximum absolute atomic E-state index is 6.01. The van der Waals surface area contributed by atoms with Gasteiger partial charge >= 0.3 is 0 Å². The van der Waals surface area contributed by atoms with E-state index >= 15 is 0 Å². The fourth-order valence-corrected chi connectivity index (χ4v) is 2.20. The lowest BCUT2D eigenvalue weighted by atomic mass is 9.97. The maximum atomic E-state index is 6.01. The van der Waals surface area contributed by atoms with E-state index in [9.17, 15) is 0 Å². The van der Waals surface area contributed by atoms with Crippen molar-refractivity contribution in [3.05, 3.63) is 18.0 Å². The van der Waals surface area contributed by atoms with Gasteiger partial charge in [0.25, 0.3) is 0 Å². The summed E-state index contributed by atoms with van der Waals surface area (Å²) in [5.74, 6) is 0.684. The molecule has 0 bridgehead atoms. The number of rotatable bonds is 2. The second-order valence-electron chi connectivity index (χ2n) is 4.08. The minimum atomic E-state index is 0.417. The third-order valence-corrected chi connectivity index (χ3v) is 2.97. The molecule has 0 aliphatic heterocycles. The van der Waals surface area contributed by atoms with E-state index in [0.717, 1.165) is 6.42 Å². The van der Waals surface area contributed by atoms with E-state index < -0.39 is 0 Å². The Bertz CT molecular complexity index is 279. The monoisotopic (exact) mass is 179 g/mol. The van der Waals surface area contributed by atoms with Crippen molar-refractivity contribution in [2.75, 3.05) is 0 Å². The zero-order valence-electron chi connectivity index (χ0n) is 8.11. The first-order valence-electron chi connectivity index (χ1n) is 4.99. The van der Waals surface area contributed by atoms with Crippen LogP contribution in [-0.2, 0) is 13.5 Å². The molecule has 1 aliphatic carbocycles. The van der Waals surface area contributed by atoms with E-state index in [2.05, 4.69) is 11.3 Å². The molecule has 1 heterocycles. The third-order valence-electron chi connectivity index (χ3n) is 2.97. The van der Waals surface area contributed by atoms with Gasteiger partial charge in [0.15, 0.2) is 0 Å². The number of aromatic nitrogens is 2. The van der Waals surface area contributed by atoms with Crippen molar-refractivity contribution in [2.24, 2.45) is 18.7 Å². The highest BCUT2D eigenvalue weighted by atomic mass is 15.2. The maximum Gasteiger partial charge on any atom is 0.0521 e. The van der Waals surface area contributed by atoms with E-state index in [1.54, 1.807) is 0 Å². The van der Waals surface area contributed by atoms with Gasteiger partial charge in [-0.1, -0.05) is 6.42 Å². The Labute approximate surface area is 78.9 Å². The van der Waals surface area contributed by atoms with Crippen molar-refractivity contribution in [3.8, 4) is 0 Å². The molecule has 1 aliphatic rings. The molecule has 2 rings (SSSR count). The minimum Gasteiger partial charge on any atom is -0.327 e. The molecule has 2 N–H and O–H groups in total. The highest BCUT2D eigenvalue weighted by molar-refractivity contribution is 5.06. The van der Waals surface area contributed by atoms with E-state index in [1.165, 1.54) is 24.8 Å². The topological polar surface area (TPSA) is 43.8 Å². The van der Waals surface area contributed by atoms with Crippen molar-refractivity contribution in [1.29, 1.82) is 0 Å². The summed E-state index contributed by atoms with van der Waals surface area (Å²) in [6.45, 7) is 0. The number of aryl methyl sites for hydroxylation is 1. The first-order valence-corrected chi connectivity index (χ1v) is 4.99. The molecule has 1 aromatic rings. The first-order chi connectivity index (χ1) is 6.25. The molecule has 0 spiro atoms. The van der Waals surface area contributed by atoms with Crippen LogP contribution in [0.15, 0.2) is 12.4 Å². The summed E-state index contributed by atoms with van der Waals surface area (Å²) in [6, 6.07) is 0.417. The normalized spacial score (nSPS) is 28.2. The standard InChI is InChI=1S/C10H17N3/c1-13-7-8(6-12-13)5-9-3-2-4-10(9)11/h6-7,9-10H,2-5,11H2,1H3/t9-,10+/m1/s1. The zero-order chi connectivity index (χ0) is 9.26. The number of nitrogens with two attached hydrogens (primary N) is 1. The van der Waals surface area contributed by atoms with Crippen LogP contribution >= 0.6 is 0 Å². The molecule has 2 atom stereocenters. The molecule has 13 heavy (non-hydrogen) atoms. The predicted molar refractivity (Wildman–Crippen MR) is 52.2 cm³/mol. The molecule has 0 aromatic carbocycles. The molecule has 1 aromatic heterocycles. The molecule has 3 heteroatoms. The second-order valence-corrected chi connectivity index (χ2v) is 4.08. The van der Waals surface area contributed by atoms with Crippen LogP contribution < -0.4 is 5.73 Å². The van der Waals surface area contributed by atoms with Crippen molar-refractivity contribution in [1.82, 2.24) is 9.78 Å². The average molecular weight is 179 g/mol. The van der Waals surface area contributed by atoms with Crippen molar-refractivity contribution in [2.45, 2.75) is 31.7 Å². The first kappa shape index (κ1) is 8.75. The summed E-state index contributed by atoms with van der Waals surface area (Å²) in [6.07, 6.45) is 8.93. The summed E-state index contributed by atoms with van der Waals surface area (Å²) in [5.41, 5.74) is 7.33. The molecule has 0 saturated heterocycles. The fourth-order valence-electron chi connectivity index (χ4n) is 2.20. The largest absolute Gasteiger partial charge is 0.327 e. The Hall–Kier alpha value is -0.830. The lowest BCUT2D eigenvalue weighted by Gasteiger charge is -2.13. The molecule has 72 valence electrons. The molecule has 1 fully saturated rings. The van der Waals surface area contributed by atoms with Crippen molar-refractivity contribution >= 4 is 0 Å². The molecule has 0 amide bonds. The Morgan fingerprint density at radius 1 is 1.62 bits per heavy atom. The summed E-state index contributed by atoms with van der Waals surface area (Å²) >= 11 is 0. The number of nitrogens with zero attached hydrogens (tertiary/aromatic N) is 2. The van der Waals surface area contributed by atoms with E-state index in [4.69, 9.17) is 5.73 Å². The highest BCUT2D eigenvalue weighted by Crippen LogP contribution is 2.26. The van der Waals surface area contributed by atoms with Crippen LogP contribution in [0.5, 0.6) is 0 Å². The van der Waals surface area contributed by atoms with E-state index in [0.29, 0.717) is 12.0 Å². The van der Waals surface area contributed by atoms with Crippen LogP contribution in [0.2, 0.25) is 0 Å². The molecule has 1 saturated carbocycles. The summed E-state index contributed by atoms with van der Waals surface area (Å²) in [4.78, 5) is 0. The Kier molecular flexibility index (Phi) is 2.36. The van der Waals surface area contributed by atoms with Crippen LogP contribution in [-0.4, -0.2) is 15.8 Å². The van der Waals surface area contributed by atoms with Gasteiger partial charge in [-0.15, -0.1) is 0 Å². The fraction of sp³-hybridized carbons (Fsp3) is 0.700. The predicted octanol–water partition coefficient (Wildman–Crippen LogP) is 1.09. The summed E-state index contributed by atoms with van der Waals surface area (Å²) < 4.78 is 1.86. The quantitative estimate of drug-likeness (QED) is 0.738. The van der Waals surface area contributed by atoms with Gasteiger partial charge in [-0.25, -0.2) is 0 Å². The van der Waals surface area contributed by atoms with E-state index in [1.807, 2.05) is 17.9 Å². The Morgan fingerprint density at radius 2 is 2.46 bits per heavy atom. The van der Waals surface area contributed by atoms with Gasteiger partial charge in [0.1, 0.15) is 0 Å². The molecule has 0 radical (unpaired) electrons. The van der Waals surface area contributed by atoms with Gasteiger partial charge < -0.3 is 5.73 Å². The Morgan fingerprint density at radius 3 is 3.00 bits per heavy atom. The van der Waals surface area contributed by atoms with E-state index in [-0.39, 0.29) is 0 Å².